The molecule has 1 saturated carbocycles. The van der Waals surface area contributed by atoms with E-state index < -0.39 is 0 Å². The molecule has 0 unspecified atom stereocenters. The average Bonchev–Trinajstić information content (AvgIpc) is 2.97. The highest BCUT2D eigenvalue weighted by molar-refractivity contribution is 5.76. The quantitative estimate of drug-likeness (QED) is 0.903. The predicted molar refractivity (Wildman–Crippen MR) is 75.8 cm³/mol. The largest absolute Gasteiger partial charge is 0.396 e. The molecule has 2 N–H and O–H groups in total. The van der Waals surface area contributed by atoms with E-state index in [9.17, 15) is 4.79 Å². The maximum atomic E-state index is 12.4. The van der Waals surface area contributed by atoms with Crippen molar-refractivity contribution in [3.05, 3.63) is 11.4 Å². The van der Waals surface area contributed by atoms with E-state index in [0.29, 0.717) is 18.3 Å². The highest BCUT2D eigenvalue weighted by atomic mass is 16.2. The molecule has 0 bridgehead atoms. The summed E-state index contributed by atoms with van der Waals surface area (Å²) >= 11 is 0. The summed E-state index contributed by atoms with van der Waals surface area (Å²) < 4.78 is 1.73. The van der Waals surface area contributed by atoms with Gasteiger partial charge < -0.3 is 10.6 Å². The van der Waals surface area contributed by atoms with Gasteiger partial charge in [0.15, 0.2) is 0 Å². The van der Waals surface area contributed by atoms with Crippen molar-refractivity contribution in [3.8, 4) is 0 Å². The van der Waals surface area contributed by atoms with Crippen molar-refractivity contribution >= 4 is 11.6 Å². The number of nitrogens with zero attached hydrogens (tertiary/aromatic N) is 3. The first-order valence-electron chi connectivity index (χ1n) is 7.13. The van der Waals surface area contributed by atoms with E-state index in [1.54, 1.807) is 4.68 Å². The van der Waals surface area contributed by atoms with Gasteiger partial charge in [-0.25, -0.2) is 0 Å². The zero-order chi connectivity index (χ0) is 14.0. The van der Waals surface area contributed by atoms with E-state index >= 15 is 0 Å². The lowest BCUT2D eigenvalue weighted by Gasteiger charge is -2.27. The molecule has 0 spiro atoms. The second-order valence-electron chi connectivity index (χ2n) is 5.36. The molecule has 1 heterocycles. The van der Waals surface area contributed by atoms with Gasteiger partial charge in [0.05, 0.1) is 17.1 Å². The van der Waals surface area contributed by atoms with Crippen LogP contribution in [0.1, 0.15) is 44.0 Å². The second-order valence-corrected chi connectivity index (χ2v) is 5.36. The van der Waals surface area contributed by atoms with Gasteiger partial charge in [-0.2, -0.15) is 5.10 Å². The Morgan fingerprint density at radius 1 is 1.42 bits per heavy atom. The first-order valence-corrected chi connectivity index (χ1v) is 7.13. The fourth-order valence-electron chi connectivity index (χ4n) is 2.94. The lowest BCUT2D eigenvalue weighted by atomic mass is 10.2. The summed E-state index contributed by atoms with van der Waals surface area (Å²) in [6.07, 6.45) is 4.75. The normalized spacial score (nSPS) is 15.9. The van der Waals surface area contributed by atoms with E-state index in [4.69, 9.17) is 5.73 Å². The van der Waals surface area contributed by atoms with Crippen LogP contribution in [0.4, 0.5) is 5.69 Å². The molecule has 2 rings (SSSR count). The Kier molecular flexibility index (Phi) is 4.12. The van der Waals surface area contributed by atoms with Crippen LogP contribution >= 0.6 is 0 Å². The van der Waals surface area contributed by atoms with E-state index in [1.807, 2.05) is 25.7 Å². The van der Waals surface area contributed by atoms with Crippen molar-refractivity contribution in [2.24, 2.45) is 0 Å². The van der Waals surface area contributed by atoms with Crippen molar-refractivity contribution in [1.29, 1.82) is 0 Å². The lowest BCUT2D eigenvalue weighted by molar-refractivity contribution is -0.134. The van der Waals surface area contributed by atoms with Crippen molar-refractivity contribution in [1.82, 2.24) is 14.7 Å². The molecule has 5 nitrogen and oxygen atoms in total. The summed E-state index contributed by atoms with van der Waals surface area (Å²) in [5.41, 5.74) is 8.28. The topological polar surface area (TPSA) is 64.2 Å². The standard InChI is InChI=1S/C14H24N4O/c1-4-17(12-7-5-6-8-12)13(19)9-18-11(3)14(15)10(2)16-18/h12H,4-9,15H2,1-3H3. The Labute approximate surface area is 114 Å². The van der Waals surface area contributed by atoms with Crippen LogP contribution in [0.25, 0.3) is 0 Å². The van der Waals surface area contributed by atoms with Gasteiger partial charge in [0.25, 0.3) is 0 Å². The number of hydrogen-bond donors (Lipinski definition) is 1. The van der Waals surface area contributed by atoms with E-state index in [0.717, 1.165) is 30.8 Å². The van der Waals surface area contributed by atoms with Gasteiger partial charge in [-0.1, -0.05) is 12.8 Å². The van der Waals surface area contributed by atoms with Crippen LogP contribution in [0.3, 0.4) is 0 Å². The zero-order valence-corrected chi connectivity index (χ0v) is 12.1. The minimum Gasteiger partial charge on any atom is -0.396 e. The Morgan fingerprint density at radius 3 is 2.53 bits per heavy atom. The summed E-state index contributed by atoms with van der Waals surface area (Å²) in [5, 5.41) is 4.34. The lowest BCUT2D eigenvalue weighted by Crippen LogP contribution is -2.40. The van der Waals surface area contributed by atoms with Crippen molar-refractivity contribution in [3.63, 3.8) is 0 Å². The molecule has 1 aromatic heterocycles. The number of likely N-dealkylation sites (N-methyl/N-ethyl adjacent to an activating group) is 1. The predicted octanol–water partition coefficient (Wildman–Crippen LogP) is 1.87. The third-order valence-electron chi connectivity index (χ3n) is 4.15. The maximum absolute atomic E-state index is 12.4. The molecule has 106 valence electrons. The van der Waals surface area contributed by atoms with Crippen LogP contribution in [0.15, 0.2) is 0 Å². The molecule has 1 amide bonds. The van der Waals surface area contributed by atoms with Gasteiger partial charge in [0.2, 0.25) is 5.91 Å². The SMILES string of the molecule is CCN(C(=O)Cn1nc(C)c(N)c1C)C1CCCC1. The van der Waals surface area contributed by atoms with Gasteiger partial charge in [-0.3, -0.25) is 9.48 Å². The molecule has 0 atom stereocenters. The molecule has 0 aliphatic heterocycles. The minimum atomic E-state index is 0.153. The first-order chi connectivity index (χ1) is 9.04. The molecule has 1 aromatic rings. The number of carbonyl (C=O) groups is 1. The van der Waals surface area contributed by atoms with E-state index in [-0.39, 0.29) is 5.91 Å². The number of rotatable bonds is 4. The summed E-state index contributed by atoms with van der Waals surface area (Å²) in [7, 11) is 0. The van der Waals surface area contributed by atoms with Gasteiger partial charge in [0, 0.05) is 12.6 Å². The summed E-state index contributed by atoms with van der Waals surface area (Å²) in [6.45, 7) is 6.91. The van der Waals surface area contributed by atoms with Crippen molar-refractivity contribution in [2.45, 2.75) is 59.0 Å². The first kappa shape index (κ1) is 13.9. The van der Waals surface area contributed by atoms with Crippen molar-refractivity contribution < 1.29 is 4.79 Å². The molecule has 1 fully saturated rings. The van der Waals surface area contributed by atoms with Crippen LogP contribution < -0.4 is 5.73 Å². The average molecular weight is 264 g/mol. The third-order valence-corrected chi connectivity index (χ3v) is 4.15. The number of carbonyl (C=O) groups excluding carboxylic acids is 1. The van der Waals surface area contributed by atoms with Gasteiger partial charge >= 0.3 is 0 Å². The number of aromatic nitrogens is 2. The Balaban J connectivity index is 2.08. The summed E-state index contributed by atoms with van der Waals surface area (Å²) in [4.78, 5) is 14.4. The second kappa shape index (κ2) is 5.63. The number of amides is 1. The number of aryl methyl sites for hydroxylation is 1. The van der Waals surface area contributed by atoms with Crippen LogP contribution in [-0.2, 0) is 11.3 Å². The third kappa shape index (κ3) is 2.74. The van der Waals surface area contributed by atoms with Gasteiger partial charge in [0.1, 0.15) is 6.54 Å². The Morgan fingerprint density at radius 2 is 2.05 bits per heavy atom. The number of anilines is 1. The van der Waals surface area contributed by atoms with Crippen molar-refractivity contribution in [2.75, 3.05) is 12.3 Å². The summed E-state index contributed by atoms with van der Waals surface area (Å²) in [5.74, 6) is 0.153. The molecule has 0 aromatic carbocycles. The highest BCUT2D eigenvalue weighted by Crippen LogP contribution is 2.24. The monoisotopic (exact) mass is 264 g/mol. The minimum absolute atomic E-state index is 0.153. The van der Waals surface area contributed by atoms with Gasteiger partial charge in [-0.15, -0.1) is 0 Å². The zero-order valence-electron chi connectivity index (χ0n) is 12.1. The fraction of sp³-hybridized carbons (Fsp3) is 0.714. The molecule has 0 radical (unpaired) electrons. The fourth-order valence-corrected chi connectivity index (χ4v) is 2.94. The number of hydrogen-bond acceptors (Lipinski definition) is 3. The van der Waals surface area contributed by atoms with Crippen LogP contribution in [0.2, 0.25) is 0 Å². The smallest absolute Gasteiger partial charge is 0.244 e. The summed E-state index contributed by atoms with van der Waals surface area (Å²) in [6, 6.07) is 0.423. The van der Waals surface area contributed by atoms with Gasteiger partial charge in [-0.05, 0) is 33.6 Å². The number of nitrogens with two attached hydrogens (primary N) is 1. The molecular formula is C14H24N4O. The molecule has 1 aliphatic rings. The van der Waals surface area contributed by atoms with E-state index in [2.05, 4.69) is 5.10 Å². The number of nitrogen functional groups attached to an aromatic ring is 1. The molecule has 5 heteroatoms. The molecular weight excluding hydrogens is 240 g/mol. The van der Waals surface area contributed by atoms with Crippen LogP contribution in [0.5, 0.6) is 0 Å². The maximum Gasteiger partial charge on any atom is 0.244 e. The Bertz CT molecular complexity index is 460. The Hall–Kier alpha value is -1.52. The highest BCUT2D eigenvalue weighted by Gasteiger charge is 2.26. The molecule has 19 heavy (non-hydrogen) atoms. The molecule has 0 saturated heterocycles. The van der Waals surface area contributed by atoms with Crippen LogP contribution in [-0.4, -0.2) is 33.2 Å². The van der Waals surface area contributed by atoms with Crippen LogP contribution in [0, 0.1) is 13.8 Å². The van der Waals surface area contributed by atoms with E-state index in [1.165, 1.54) is 12.8 Å². The molecule has 1 aliphatic carbocycles.